The normalized spacial score (nSPS) is 26.8. The Morgan fingerprint density at radius 3 is 1.46 bits per heavy atom. The topological polar surface area (TPSA) is 79.1 Å². The number of carbonyl (C=O) groups excluding carboxylic acids is 4. The second kappa shape index (κ2) is 10.2. The average Bonchev–Trinajstić information content (AvgIpc) is 2.96. The Morgan fingerprint density at radius 2 is 1.08 bits per heavy atom. The van der Waals surface area contributed by atoms with Crippen molar-refractivity contribution in [1.29, 1.82) is 0 Å². The summed E-state index contributed by atoms with van der Waals surface area (Å²) in [6.45, 7) is 9.51. The van der Waals surface area contributed by atoms with Gasteiger partial charge in [-0.2, -0.15) is 0 Å². The van der Waals surface area contributed by atoms with Crippen molar-refractivity contribution in [2.75, 3.05) is 0 Å². The molecule has 39 heavy (non-hydrogen) atoms. The Balaban J connectivity index is 1.29. The lowest BCUT2D eigenvalue weighted by molar-refractivity contribution is 0.0467. The highest BCUT2D eigenvalue weighted by Crippen LogP contribution is 2.41. The van der Waals surface area contributed by atoms with Gasteiger partial charge in [0.15, 0.2) is 0 Å². The minimum absolute atomic E-state index is 0.0500. The number of imide groups is 2. The van der Waals surface area contributed by atoms with E-state index in [0.29, 0.717) is 64.6 Å². The predicted octanol–water partition coefficient (Wildman–Crippen LogP) is 6.40. The van der Waals surface area contributed by atoms with Gasteiger partial charge in [-0.15, -0.1) is 0 Å². The quantitative estimate of drug-likeness (QED) is 0.248. The Bertz CT molecular complexity index is 1340. The highest BCUT2D eigenvalue weighted by molar-refractivity contribution is 6.33. The molecule has 0 N–H and O–H groups in total. The molecule has 4 aliphatic rings. The molecule has 2 aromatic rings. The van der Waals surface area contributed by atoms with E-state index in [1.807, 2.05) is 0 Å². The van der Waals surface area contributed by atoms with Gasteiger partial charge < -0.3 is 4.85 Å². The van der Waals surface area contributed by atoms with Crippen LogP contribution in [-0.2, 0) is 0 Å². The Labute approximate surface area is 229 Å². The fourth-order valence-electron chi connectivity index (χ4n) is 7.40. The van der Waals surface area contributed by atoms with Crippen molar-refractivity contribution >= 4 is 34.4 Å². The minimum Gasteiger partial charge on any atom is -0.314 e. The van der Waals surface area contributed by atoms with Gasteiger partial charge >= 0.3 is 0 Å². The molecule has 0 aromatic heterocycles. The fraction of sp³-hybridized carbons (Fsp3) is 0.531. The third-order valence-electron chi connectivity index (χ3n) is 9.57. The molecule has 7 nitrogen and oxygen atoms in total. The lowest BCUT2D eigenvalue weighted by Gasteiger charge is -2.39. The maximum atomic E-state index is 13.8. The number of benzene rings is 2. The van der Waals surface area contributed by atoms with E-state index >= 15 is 0 Å². The van der Waals surface area contributed by atoms with Crippen LogP contribution in [0, 0.1) is 12.5 Å². The average molecular weight is 526 g/mol. The summed E-state index contributed by atoms with van der Waals surface area (Å²) in [4.78, 5) is 61.3. The van der Waals surface area contributed by atoms with Crippen LogP contribution in [0.2, 0.25) is 0 Å². The molecule has 2 aliphatic carbocycles. The molecule has 4 amide bonds. The van der Waals surface area contributed by atoms with Gasteiger partial charge in [0.1, 0.15) is 0 Å². The number of hydrogen-bond donors (Lipinski definition) is 0. The van der Waals surface area contributed by atoms with Crippen LogP contribution >= 0.6 is 0 Å². The second-order valence-electron chi connectivity index (χ2n) is 11.8. The zero-order valence-electron chi connectivity index (χ0n) is 22.6. The zero-order chi connectivity index (χ0) is 27.3. The van der Waals surface area contributed by atoms with E-state index in [4.69, 9.17) is 6.57 Å². The molecule has 0 radical (unpaired) electrons. The van der Waals surface area contributed by atoms with Gasteiger partial charge in [0.2, 0.25) is 6.04 Å². The Morgan fingerprint density at radius 1 is 0.667 bits per heavy atom. The lowest BCUT2D eigenvalue weighted by Crippen LogP contribution is -2.50. The first-order valence-corrected chi connectivity index (χ1v) is 14.7. The highest BCUT2D eigenvalue weighted by atomic mass is 16.2. The molecule has 0 bridgehead atoms. The maximum absolute atomic E-state index is 13.8. The molecule has 2 heterocycles. The summed E-state index contributed by atoms with van der Waals surface area (Å²) >= 11 is 0. The van der Waals surface area contributed by atoms with Crippen molar-refractivity contribution in [3.8, 4) is 0 Å². The van der Waals surface area contributed by atoms with Crippen LogP contribution < -0.4 is 0 Å². The highest BCUT2D eigenvalue weighted by Gasteiger charge is 2.44. The van der Waals surface area contributed by atoms with Crippen molar-refractivity contribution in [2.45, 2.75) is 102 Å². The van der Waals surface area contributed by atoms with Crippen molar-refractivity contribution in [3.05, 3.63) is 57.9 Å². The molecule has 202 valence electrons. The monoisotopic (exact) mass is 525 g/mol. The number of hydrogen-bond acceptors (Lipinski definition) is 4. The van der Waals surface area contributed by atoms with Gasteiger partial charge in [-0.3, -0.25) is 29.0 Å². The van der Waals surface area contributed by atoms with Gasteiger partial charge in [0.25, 0.3) is 23.6 Å². The van der Waals surface area contributed by atoms with Crippen molar-refractivity contribution in [1.82, 2.24) is 9.80 Å². The summed E-state index contributed by atoms with van der Waals surface area (Å²) in [5.74, 6) is -0.703. The Hall–Kier alpha value is -3.53. The standard InChI is InChI=1S/C32H35N3O4/c1-3-4-5-6-19-7-11-21(12-8-19)34-29(36)23-15-17-25-28-26(18-16-24(27(23)28)30(34)37)32(39)35(31(25)38)22-13-9-20(33-2)10-14-22/h15-22H,3-14H2,1H3. The van der Waals surface area contributed by atoms with Crippen LogP contribution in [0.25, 0.3) is 15.6 Å². The molecule has 2 fully saturated rings. The molecule has 6 rings (SSSR count). The molecule has 7 heteroatoms. The van der Waals surface area contributed by atoms with Crippen LogP contribution in [0.1, 0.15) is 125 Å². The number of nitrogens with zero attached hydrogens (tertiary/aromatic N) is 3. The lowest BCUT2D eigenvalue weighted by atomic mass is 9.80. The number of carbonyl (C=O) groups is 4. The third kappa shape index (κ3) is 4.16. The third-order valence-corrected chi connectivity index (χ3v) is 9.57. The predicted molar refractivity (Wildman–Crippen MR) is 147 cm³/mol. The molecule has 0 saturated heterocycles. The summed E-state index contributed by atoms with van der Waals surface area (Å²) in [7, 11) is 0. The van der Waals surface area contributed by atoms with Gasteiger partial charge in [-0.1, -0.05) is 32.6 Å². The SMILES string of the molecule is [C-]#[N+]C1CCC(N2C(=O)c3ccc4c5c(ccc(c35)C2=O)C(=O)N(C2CCC(CCCCC)CC2)C4=O)CC1. The van der Waals surface area contributed by atoms with Crippen LogP contribution in [0.5, 0.6) is 0 Å². The van der Waals surface area contributed by atoms with Crippen molar-refractivity contribution in [2.24, 2.45) is 5.92 Å². The Kier molecular flexibility index (Phi) is 6.74. The second-order valence-corrected chi connectivity index (χ2v) is 11.8. The number of rotatable bonds is 6. The molecule has 2 aromatic carbocycles. The molecule has 2 saturated carbocycles. The van der Waals surface area contributed by atoms with Gasteiger partial charge in [-0.05, 0) is 68.7 Å². The van der Waals surface area contributed by atoms with Crippen LogP contribution in [0.3, 0.4) is 0 Å². The molecular formula is C32H35N3O4. The van der Waals surface area contributed by atoms with Crippen LogP contribution in [0.4, 0.5) is 0 Å². The first kappa shape index (κ1) is 25.7. The maximum Gasteiger partial charge on any atom is 0.261 e. The summed E-state index contributed by atoms with van der Waals surface area (Å²) < 4.78 is 0. The minimum atomic E-state index is -0.369. The smallest absolute Gasteiger partial charge is 0.261 e. The molecule has 0 atom stereocenters. The van der Waals surface area contributed by atoms with Crippen molar-refractivity contribution in [3.63, 3.8) is 0 Å². The first-order valence-electron chi connectivity index (χ1n) is 14.7. The van der Waals surface area contributed by atoms with Crippen LogP contribution in [0.15, 0.2) is 24.3 Å². The van der Waals surface area contributed by atoms with Gasteiger partial charge in [-0.25, -0.2) is 6.57 Å². The molecule has 0 unspecified atom stereocenters. The van der Waals surface area contributed by atoms with E-state index in [2.05, 4.69) is 11.8 Å². The number of amides is 4. The summed E-state index contributed by atoms with van der Waals surface area (Å²) in [6, 6.07) is 6.25. The zero-order valence-corrected chi connectivity index (χ0v) is 22.6. The van der Waals surface area contributed by atoms with E-state index in [9.17, 15) is 19.2 Å². The number of unbranched alkanes of at least 4 members (excludes halogenated alkanes) is 2. The van der Waals surface area contributed by atoms with E-state index in [1.165, 1.54) is 35.5 Å². The van der Waals surface area contributed by atoms with E-state index in [0.717, 1.165) is 25.7 Å². The summed E-state index contributed by atoms with van der Waals surface area (Å²) in [5, 5.41) is 0.884. The summed E-state index contributed by atoms with van der Waals surface area (Å²) in [5.41, 5.74) is 1.56. The molecular weight excluding hydrogens is 490 g/mol. The fourth-order valence-corrected chi connectivity index (χ4v) is 7.40. The van der Waals surface area contributed by atoms with E-state index < -0.39 is 0 Å². The molecule has 2 aliphatic heterocycles. The van der Waals surface area contributed by atoms with E-state index in [-0.39, 0.29) is 41.8 Å². The largest absolute Gasteiger partial charge is 0.314 e. The molecule has 0 spiro atoms. The summed E-state index contributed by atoms with van der Waals surface area (Å²) in [6.07, 6.45) is 11.2. The van der Waals surface area contributed by atoms with Crippen LogP contribution in [-0.4, -0.2) is 51.6 Å². The van der Waals surface area contributed by atoms with E-state index in [1.54, 1.807) is 24.3 Å². The first-order chi connectivity index (χ1) is 18.9. The van der Waals surface area contributed by atoms with Gasteiger partial charge in [0, 0.05) is 58.0 Å². The van der Waals surface area contributed by atoms with Crippen molar-refractivity contribution < 1.29 is 19.2 Å². The van der Waals surface area contributed by atoms with Gasteiger partial charge in [0.05, 0.1) is 0 Å².